The highest BCUT2D eigenvalue weighted by Gasteiger charge is 2.32. The molecule has 0 atom stereocenters. The molecular weight excluding hydrogens is 402 g/mol. The van der Waals surface area contributed by atoms with Crippen LogP contribution in [0.4, 0.5) is 32.0 Å². The van der Waals surface area contributed by atoms with Gasteiger partial charge < -0.3 is 15.2 Å². The van der Waals surface area contributed by atoms with Crippen LogP contribution in [0.3, 0.4) is 0 Å². The number of nitrogens with two attached hydrogens (primary N) is 1. The Kier molecular flexibility index (Phi) is 5.27. The first-order chi connectivity index (χ1) is 13.5. The molecule has 0 amide bonds. The molecule has 0 radical (unpaired) electrons. The van der Waals surface area contributed by atoms with Crippen molar-refractivity contribution < 1.29 is 35.8 Å². The van der Waals surface area contributed by atoms with Gasteiger partial charge in [0, 0.05) is 17.3 Å². The number of hydrogen-bond donors (Lipinski definition) is 1. The molecule has 29 heavy (non-hydrogen) atoms. The fraction of sp³-hybridized carbons (Fsp3) is 0.105. The average molecular weight is 414 g/mol. The molecule has 1 heterocycles. The van der Waals surface area contributed by atoms with Gasteiger partial charge in [-0.3, -0.25) is 4.98 Å². The van der Waals surface area contributed by atoms with E-state index in [1.807, 2.05) is 0 Å². The van der Waals surface area contributed by atoms with Gasteiger partial charge in [-0.15, -0.1) is 26.3 Å². The first-order valence-electron chi connectivity index (χ1n) is 7.98. The van der Waals surface area contributed by atoms with Crippen LogP contribution in [0.2, 0.25) is 0 Å². The van der Waals surface area contributed by atoms with Crippen molar-refractivity contribution in [1.82, 2.24) is 4.98 Å². The maximum Gasteiger partial charge on any atom is 0.573 e. The quantitative estimate of drug-likeness (QED) is 0.549. The Morgan fingerprint density at radius 3 is 1.72 bits per heavy atom. The molecule has 0 unspecified atom stereocenters. The van der Waals surface area contributed by atoms with Gasteiger partial charge in [0.25, 0.3) is 0 Å². The predicted octanol–water partition coefficient (Wildman–Crippen LogP) is 5.80. The van der Waals surface area contributed by atoms with E-state index in [1.54, 1.807) is 0 Å². The van der Waals surface area contributed by atoms with Crippen molar-refractivity contribution in [2.24, 2.45) is 0 Å². The standard InChI is InChI=1S/C19H12F6N2O2/c20-18(21,22)28-14-5-1-3-11(7-14)13-9-16(26)17(27-10-13)12-4-2-6-15(8-12)29-19(23,24)25/h1-10H,26H2. The van der Waals surface area contributed by atoms with E-state index in [1.165, 1.54) is 42.6 Å². The van der Waals surface area contributed by atoms with Gasteiger partial charge in [-0.05, 0) is 35.9 Å². The molecule has 0 spiro atoms. The van der Waals surface area contributed by atoms with Crippen LogP contribution in [0, 0.1) is 0 Å². The van der Waals surface area contributed by atoms with Crippen molar-refractivity contribution in [3.63, 3.8) is 0 Å². The lowest BCUT2D eigenvalue weighted by Crippen LogP contribution is -2.17. The molecule has 0 fully saturated rings. The third-order valence-electron chi connectivity index (χ3n) is 3.66. The Morgan fingerprint density at radius 1 is 0.690 bits per heavy atom. The highest BCUT2D eigenvalue weighted by molar-refractivity contribution is 5.78. The van der Waals surface area contributed by atoms with Crippen LogP contribution in [0.15, 0.2) is 60.8 Å². The van der Waals surface area contributed by atoms with Gasteiger partial charge in [0.2, 0.25) is 0 Å². The molecule has 0 aliphatic rings. The van der Waals surface area contributed by atoms with E-state index in [-0.39, 0.29) is 16.9 Å². The number of rotatable bonds is 4. The Hall–Kier alpha value is -3.43. The second-order valence-electron chi connectivity index (χ2n) is 5.81. The van der Waals surface area contributed by atoms with Crippen LogP contribution in [-0.2, 0) is 0 Å². The summed E-state index contributed by atoms with van der Waals surface area (Å²) in [5.74, 6) is -0.841. The second-order valence-corrected chi connectivity index (χ2v) is 5.81. The number of ether oxygens (including phenoxy) is 2. The van der Waals surface area contributed by atoms with Gasteiger partial charge >= 0.3 is 12.7 Å². The smallest absolute Gasteiger partial charge is 0.406 e. The van der Waals surface area contributed by atoms with Gasteiger partial charge in [-0.1, -0.05) is 24.3 Å². The summed E-state index contributed by atoms with van der Waals surface area (Å²) in [6.07, 6.45) is -8.33. The van der Waals surface area contributed by atoms with E-state index < -0.39 is 24.2 Å². The zero-order valence-corrected chi connectivity index (χ0v) is 14.4. The lowest BCUT2D eigenvalue weighted by molar-refractivity contribution is -0.275. The summed E-state index contributed by atoms with van der Waals surface area (Å²) in [5.41, 5.74) is 7.34. The number of benzene rings is 2. The zero-order chi connectivity index (χ0) is 21.2. The molecule has 2 N–H and O–H groups in total. The molecule has 3 aromatic rings. The molecule has 0 aliphatic carbocycles. The lowest BCUT2D eigenvalue weighted by atomic mass is 10.0. The third-order valence-corrected chi connectivity index (χ3v) is 3.66. The fourth-order valence-electron chi connectivity index (χ4n) is 2.59. The highest BCUT2D eigenvalue weighted by Crippen LogP contribution is 2.33. The maximum absolute atomic E-state index is 12.4. The van der Waals surface area contributed by atoms with E-state index in [0.717, 1.165) is 18.2 Å². The van der Waals surface area contributed by atoms with Crippen molar-refractivity contribution in [2.75, 3.05) is 5.73 Å². The molecule has 0 saturated heterocycles. The predicted molar refractivity (Wildman–Crippen MR) is 92.9 cm³/mol. The average Bonchev–Trinajstić information content (AvgIpc) is 2.59. The SMILES string of the molecule is Nc1cc(-c2cccc(OC(F)(F)F)c2)cnc1-c1cccc(OC(F)(F)F)c1. The van der Waals surface area contributed by atoms with Crippen LogP contribution in [0.5, 0.6) is 11.5 Å². The number of halogens is 6. The number of hydrogen-bond acceptors (Lipinski definition) is 4. The molecule has 0 saturated carbocycles. The molecular formula is C19H12F6N2O2. The number of aromatic nitrogens is 1. The third kappa shape index (κ3) is 5.53. The summed E-state index contributed by atoms with van der Waals surface area (Å²) >= 11 is 0. The van der Waals surface area contributed by atoms with Gasteiger partial charge in [-0.25, -0.2) is 0 Å². The molecule has 3 rings (SSSR count). The number of alkyl halides is 6. The summed E-state index contributed by atoms with van der Waals surface area (Å²) in [6, 6.07) is 11.8. The van der Waals surface area contributed by atoms with Gasteiger partial charge in [0.15, 0.2) is 0 Å². The number of anilines is 1. The van der Waals surface area contributed by atoms with Crippen molar-refractivity contribution in [2.45, 2.75) is 12.7 Å². The lowest BCUT2D eigenvalue weighted by Gasteiger charge is -2.12. The monoisotopic (exact) mass is 414 g/mol. The minimum Gasteiger partial charge on any atom is -0.406 e. The van der Waals surface area contributed by atoms with Crippen LogP contribution >= 0.6 is 0 Å². The summed E-state index contributed by atoms with van der Waals surface area (Å²) in [7, 11) is 0. The Bertz CT molecular complexity index is 1020. The van der Waals surface area contributed by atoms with Crippen LogP contribution in [0.1, 0.15) is 0 Å². The van der Waals surface area contributed by atoms with Gasteiger partial charge in [0.1, 0.15) is 11.5 Å². The molecule has 0 bridgehead atoms. The number of nitrogen functional groups attached to an aromatic ring is 1. The normalized spacial score (nSPS) is 11.9. The van der Waals surface area contributed by atoms with Crippen molar-refractivity contribution in [3.8, 4) is 33.9 Å². The summed E-state index contributed by atoms with van der Waals surface area (Å²) < 4.78 is 82.1. The minimum atomic E-state index is -4.84. The van der Waals surface area contributed by atoms with E-state index in [2.05, 4.69) is 14.5 Å². The second kappa shape index (κ2) is 7.53. The van der Waals surface area contributed by atoms with Crippen LogP contribution in [-0.4, -0.2) is 17.7 Å². The molecule has 10 heteroatoms. The summed E-state index contributed by atoms with van der Waals surface area (Å²) in [6.45, 7) is 0. The first-order valence-corrected chi connectivity index (χ1v) is 7.98. The highest BCUT2D eigenvalue weighted by atomic mass is 19.4. The minimum absolute atomic E-state index is 0.119. The fourth-order valence-corrected chi connectivity index (χ4v) is 2.59. The van der Waals surface area contributed by atoms with Crippen LogP contribution < -0.4 is 15.2 Å². The van der Waals surface area contributed by atoms with Crippen molar-refractivity contribution >= 4 is 5.69 Å². The maximum atomic E-state index is 12.4. The molecule has 152 valence electrons. The van der Waals surface area contributed by atoms with Crippen molar-refractivity contribution in [3.05, 3.63) is 60.8 Å². The van der Waals surface area contributed by atoms with Gasteiger partial charge in [0.05, 0.1) is 11.4 Å². The summed E-state index contributed by atoms with van der Waals surface area (Å²) in [5, 5.41) is 0. The van der Waals surface area contributed by atoms with Crippen LogP contribution in [0.25, 0.3) is 22.4 Å². The zero-order valence-electron chi connectivity index (χ0n) is 14.4. The van der Waals surface area contributed by atoms with E-state index in [0.29, 0.717) is 11.1 Å². The van der Waals surface area contributed by atoms with E-state index in [9.17, 15) is 26.3 Å². The van der Waals surface area contributed by atoms with E-state index >= 15 is 0 Å². The van der Waals surface area contributed by atoms with E-state index in [4.69, 9.17) is 5.73 Å². The summed E-state index contributed by atoms with van der Waals surface area (Å²) in [4.78, 5) is 4.14. The Labute approximate surface area is 160 Å². The first kappa shape index (κ1) is 20.3. The topological polar surface area (TPSA) is 57.4 Å². The number of nitrogens with zero attached hydrogens (tertiary/aromatic N) is 1. The molecule has 4 nitrogen and oxygen atoms in total. The number of pyridine rings is 1. The van der Waals surface area contributed by atoms with Crippen molar-refractivity contribution in [1.29, 1.82) is 0 Å². The molecule has 1 aromatic heterocycles. The Morgan fingerprint density at radius 2 is 1.21 bits per heavy atom. The Balaban J connectivity index is 1.90. The van der Waals surface area contributed by atoms with Gasteiger partial charge in [-0.2, -0.15) is 0 Å². The molecule has 2 aromatic carbocycles. The largest absolute Gasteiger partial charge is 0.573 e. The molecule has 0 aliphatic heterocycles.